The van der Waals surface area contributed by atoms with E-state index < -0.39 is 0 Å². The van der Waals surface area contributed by atoms with Gasteiger partial charge >= 0.3 is 0 Å². The molecule has 0 unspecified atom stereocenters. The standard InChI is InChI=1S/C15H18O/c1-2-3-5-12-15(16)13-8-11-14-9-6-4-7-10-14/h2-7,9-10,12H,8,11,13H2,1H3/b3-2+,12-5+. The Bertz CT molecular complexity index is 360. The van der Waals surface area contributed by atoms with Crippen LogP contribution in [0.4, 0.5) is 0 Å². The van der Waals surface area contributed by atoms with Gasteiger partial charge in [-0.1, -0.05) is 48.6 Å². The van der Waals surface area contributed by atoms with E-state index in [4.69, 9.17) is 0 Å². The van der Waals surface area contributed by atoms with Gasteiger partial charge in [0, 0.05) is 6.42 Å². The predicted molar refractivity (Wildman–Crippen MR) is 68.3 cm³/mol. The van der Waals surface area contributed by atoms with E-state index >= 15 is 0 Å². The molecule has 1 rings (SSSR count). The lowest BCUT2D eigenvalue weighted by Crippen LogP contribution is -1.94. The van der Waals surface area contributed by atoms with Crippen molar-refractivity contribution in [1.29, 1.82) is 0 Å². The number of ketones is 1. The van der Waals surface area contributed by atoms with Gasteiger partial charge in [0.25, 0.3) is 0 Å². The molecule has 0 amide bonds. The third-order valence-electron chi connectivity index (χ3n) is 2.32. The predicted octanol–water partition coefficient (Wildman–Crippen LogP) is 3.71. The quantitative estimate of drug-likeness (QED) is 0.521. The third kappa shape index (κ3) is 5.30. The van der Waals surface area contributed by atoms with Gasteiger partial charge < -0.3 is 0 Å². The largest absolute Gasteiger partial charge is 0.295 e. The second kappa shape index (κ2) is 7.63. The molecular formula is C15H18O. The number of rotatable bonds is 6. The number of benzene rings is 1. The highest BCUT2D eigenvalue weighted by molar-refractivity contribution is 5.89. The molecule has 0 aliphatic carbocycles. The summed E-state index contributed by atoms with van der Waals surface area (Å²) in [6, 6.07) is 10.3. The van der Waals surface area contributed by atoms with Gasteiger partial charge in [0.15, 0.2) is 5.78 Å². The van der Waals surface area contributed by atoms with E-state index in [0.717, 1.165) is 12.8 Å². The van der Waals surface area contributed by atoms with Crippen LogP contribution in [-0.4, -0.2) is 5.78 Å². The van der Waals surface area contributed by atoms with Crippen LogP contribution < -0.4 is 0 Å². The summed E-state index contributed by atoms with van der Waals surface area (Å²) in [7, 11) is 0. The van der Waals surface area contributed by atoms with Gasteiger partial charge in [-0.15, -0.1) is 0 Å². The zero-order valence-corrected chi connectivity index (χ0v) is 9.73. The number of allylic oxidation sites excluding steroid dienone is 4. The molecule has 0 N–H and O–H groups in total. The molecule has 1 nitrogen and oxygen atoms in total. The second-order valence-electron chi connectivity index (χ2n) is 3.69. The summed E-state index contributed by atoms with van der Waals surface area (Å²) in [6.45, 7) is 1.93. The van der Waals surface area contributed by atoms with Crippen molar-refractivity contribution < 1.29 is 4.79 Å². The van der Waals surface area contributed by atoms with Gasteiger partial charge in [0.1, 0.15) is 0 Å². The van der Waals surface area contributed by atoms with Crippen molar-refractivity contribution in [2.45, 2.75) is 26.2 Å². The highest BCUT2D eigenvalue weighted by Gasteiger charge is 1.97. The minimum atomic E-state index is 0.203. The Morgan fingerprint density at radius 1 is 1.19 bits per heavy atom. The Hall–Kier alpha value is -1.63. The van der Waals surface area contributed by atoms with Crippen LogP contribution in [0.5, 0.6) is 0 Å². The molecule has 16 heavy (non-hydrogen) atoms. The molecule has 0 saturated heterocycles. The first-order valence-electron chi connectivity index (χ1n) is 5.69. The topological polar surface area (TPSA) is 17.1 Å². The van der Waals surface area contributed by atoms with Gasteiger partial charge in [-0.2, -0.15) is 0 Å². The maximum absolute atomic E-state index is 11.4. The number of carbonyl (C=O) groups excluding carboxylic acids is 1. The van der Waals surface area contributed by atoms with Crippen LogP contribution in [-0.2, 0) is 11.2 Å². The molecule has 0 bridgehead atoms. The monoisotopic (exact) mass is 214 g/mol. The molecule has 0 aliphatic heterocycles. The van der Waals surface area contributed by atoms with Gasteiger partial charge in [0.05, 0.1) is 0 Å². The van der Waals surface area contributed by atoms with Gasteiger partial charge in [-0.3, -0.25) is 4.79 Å². The van der Waals surface area contributed by atoms with Crippen molar-refractivity contribution in [2.24, 2.45) is 0 Å². The van der Waals surface area contributed by atoms with Crippen molar-refractivity contribution >= 4 is 5.78 Å². The minimum Gasteiger partial charge on any atom is -0.295 e. The smallest absolute Gasteiger partial charge is 0.155 e. The Kier molecular flexibility index (Phi) is 5.94. The SMILES string of the molecule is C/C=C/C=C/C(=O)CCCc1ccccc1. The summed E-state index contributed by atoms with van der Waals surface area (Å²) >= 11 is 0. The average Bonchev–Trinajstić information content (AvgIpc) is 2.31. The van der Waals surface area contributed by atoms with Crippen LogP contribution in [0.1, 0.15) is 25.3 Å². The van der Waals surface area contributed by atoms with E-state index in [-0.39, 0.29) is 5.78 Å². The first kappa shape index (κ1) is 12.4. The van der Waals surface area contributed by atoms with Crippen LogP contribution in [0.15, 0.2) is 54.6 Å². The number of hydrogen-bond acceptors (Lipinski definition) is 1. The molecule has 1 aromatic rings. The van der Waals surface area contributed by atoms with Crippen LogP contribution in [0.3, 0.4) is 0 Å². The fourth-order valence-corrected chi connectivity index (χ4v) is 1.47. The van der Waals surface area contributed by atoms with E-state index in [1.165, 1.54) is 5.56 Å². The number of hydrogen-bond donors (Lipinski definition) is 0. The first-order chi connectivity index (χ1) is 7.83. The lowest BCUT2D eigenvalue weighted by molar-refractivity contribution is -0.114. The van der Waals surface area contributed by atoms with E-state index in [9.17, 15) is 4.79 Å². The molecule has 0 saturated carbocycles. The molecule has 0 heterocycles. The van der Waals surface area contributed by atoms with E-state index in [1.807, 2.05) is 37.3 Å². The van der Waals surface area contributed by atoms with Gasteiger partial charge in [-0.25, -0.2) is 0 Å². The molecule has 0 aliphatic rings. The third-order valence-corrected chi connectivity index (χ3v) is 2.32. The summed E-state index contributed by atoms with van der Waals surface area (Å²) in [6.07, 6.45) is 9.74. The van der Waals surface area contributed by atoms with Crippen molar-refractivity contribution in [3.05, 3.63) is 60.2 Å². The molecule has 0 aromatic heterocycles. The Morgan fingerprint density at radius 3 is 2.62 bits per heavy atom. The molecule has 0 atom stereocenters. The van der Waals surface area contributed by atoms with Crippen molar-refractivity contribution in [3.63, 3.8) is 0 Å². The lowest BCUT2D eigenvalue weighted by Gasteiger charge is -1.98. The van der Waals surface area contributed by atoms with E-state index in [2.05, 4.69) is 12.1 Å². The summed E-state index contributed by atoms with van der Waals surface area (Å²) in [5.74, 6) is 0.203. The van der Waals surface area contributed by atoms with Crippen LogP contribution in [0.2, 0.25) is 0 Å². The average molecular weight is 214 g/mol. The van der Waals surface area contributed by atoms with E-state index in [1.54, 1.807) is 12.2 Å². The summed E-state index contributed by atoms with van der Waals surface area (Å²) in [5.41, 5.74) is 1.30. The Morgan fingerprint density at radius 2 is 1.94 bits per heavy atom. The zero-order valence-electron chi connectivity index (χ0n) is 9.73. The number of carbonyl (C=O) groups is 1. The van der Waals surface area contributed by atoms with E-state index in [0.29, 0.717) is 6.42 Å². The molecule has 0 spiro atoms. The second-order valence-corrected chi connectivity index (χ2v) is 3.69. The van der Waals surface area contributed by atoms with Crippen molar-refractivity contribution in [3.8, 4) is 0 Å². The fraction of sp³-hybridized carbons (Fsp3) is 0.267. The minimum absolute atomic E-state index is 0.203. The highest BCUT2D eigenvalue weighted by Crippen LogP contribution is 2.05. The molecule has 0 fully saturated rings. The Labute approximate surface area is 97.5 Å². The molecule has 0 radical (unpaired) electrons. The van der Waals surface area contributed by atoms with Crippen molar-refractivity contribution in [1.82, 2.24) is 0 Å². The molecule has 1 heteroatoms. The molecular weight excluding hydrogens is 196 g/mol. The van der Waals surface area contributed by atoms with Crippen LogP contribution >= 0.6 is 0 Å². The van der Waals surface area contributed by atoms with Crippen LogP contribution in [0.25, 0.3) is 0 Å². The van der Waals surface area contributed by atoms with Crippen molar-refractivity contribution in [2.75, 3.05) is 0 Å². The Balaban J connectivity index is 2.23. The van der Waals surface area contributed by atoms with Crippen LogP contribution in [0, 0.1) is 0 Å². The maximum atomic E-state index is 11.4. The summed E-state index contributed by atoms with van der Waals surface area (Å²) in [4.78, 5) is 11.4. The summed E-state index contributed by atoms with van der Waals surface area (Å²) < 4.78 is 0. The number of aryl methyl sites for hydroxylation is 1. The maximum Gasteiger partial charge on any atom is 0.155 e. The summed E-state index contributed by atoms with van der Waals surface area (Å²) in [5, 5.41) is 0. The first-order valence-corrected chi connectivity index (χ1v) is 5.69. The lowest BCUT2D eigenvalue weighted by atomic mass is 10.1. The highest BCUT2D eigenvalue weighted by atomic mass is 16.1. The van der Waals surface area contributed by atoms with Gasteiger partial charge in [-0.05, 0) is 31.4 Å². The molecule has 1 aromatic carbocycles. The normalized spacial score (nSPS) is 11.3. The van der Waals surface area contributed by atoms with Gasteiger partial charge in [0.2, 0.25) is 0 Å². The zero-order chi connectivity index (χ0) is 11.6. The molecule has 84 valence electrons. The fourth-order valence-electron chi connectivity index (χ4n) is 1.47.